The first-order valence-corrected chi connectivity index (χ1v) is 14.3. The van der Waals surface area contributed by atoms with Crippen molar-refractivity contribution in [1.82, 2.24) is 0 Å². The SMILES string of the molecule is c1ccc(N(c2ccc(-c3cccc(-c4cc5ccccc5o4)c3)cc2)c2ccc3c(ccc4ccccc43)c2)cc1. The lowest BCUT2D eigenvalue weighted by Crippen LogP contribution is -2.09. The predicted molar refractivity (Wildman–Crippen MR) is 177 cm³/mol. The van der Waals surface area contributed by atoms with Crippen LogP contribution in [0.1, 0.15) is 0 Å². The van der Waals surface area contributed by atoms with Crippen LogP contribution in [0.5, 0.6) is 0 Å². The van der Waals surface area contributed by atoms with Gasteiger partial charge in [-0.1, -0.05) is 109 Å². The van der Waals surface area contributed by atoms with Gasteiger partial charge in [0.25, 0.3) is 0 Å². The van der Waals surface area contributed by atoms with E-state index in [1.54, 1.807) is 0 Å². The molecular formula is C40H27NO. The predicted octanol–water partition coefficient (Wildman–Crippen LogP) is 11.5. The van der Waals surface area contributed by atoms with Gasteiger partial charge in [0.2, 0.25) is 0 Å². The van der Waals surface area contributed by atoms with Gasteiger partial charge in [0.1, 0.15) is 11.3 Å². The Morgan fingerprint density at radius 2 is 1.02 bits per heavy atom. The van der Waals surface area contributed by atoms with Gasteiger partial charge < -0.3 is 9.32 Å². The molecule has 7 aromatic carbocycles. The molecule has 0 bridgehead atoms. The summed E-state index contributed by atoms with van der Waals surface area (Å²) in [5, 5.41) is 6.15. The highest BCUT2D eigenvalue weighted by molar-refractivity contribution is 6.08. The highest BCUT2D eigenvalue weighted by Crippen LogP contribution is 2.38. The molecule has 0 aliphatic carbocycles. The fraction of sp³-hybridized carbons (Fsp3) is 0. The average molecular weight is 538 g/mol. The van der Waals surface area contributed by atoms with Gasteiger partial charge in [0, 0.05) is 28.0 Å². The Balaban J connectivity index is 1.17. The second kappa shape index (κ2) is 10.1. The van der Waals surface area contributed by atoms with E-state index >= 15 is 0 Å². The molecule has 198 valence electrons. The van der Waals surface area contributed by atoms with Crippen molar-refractivity contribution in [3.63, 3.8) is 0 Å². The smallest absolute Gasteiger partial charge is 0.135 e. The van der Waals surface area contributed by atoms with Crippen LogP contribution in [-0.4, -0.2) is 0 Å². The molecule has 0 unspecified atom stereocenters. The Morgan fingerprint density at radius 3 is 1.88 bits per heavy atom. The second-order valence-electron chi connectivity index (χ2n) is 10.6. The summed E-state index contributed by atoms with van der Waals surface area (Å²) in [7, 11) is 0. The van der Waals surface area contributed by atoms with E-state index < -0.39 is 0 Å². The first-order chi connectivity index (χ1) is 20.8. The van der Waals surface area contributed by atoms with Crippen molar-refractivity contribution < 1.29 is 4.42 Å². The monoisotopic (exact) mass is 537 g/mol. The zero-order valence-electron chi connectivity index (χ0n) is 22.9. The van der Waals surface area contributed by atoms with Crippen LogP contribution < -0.4 is 4.90 Å². The average Bonchev–Trinajstić information content (AvgIpc) is 3.50. The highest BCUT2D eigenvalue weighted by Gasteiger charge is 2.14. The fourth-order valence-electron chi connectivity index (χ4n) is 5.94. The number of furan rings is 1. The van der Waals surface area contributed by atoms with Crippen LogP contribution in [0.2, 0.25) is 0 Å². The number of benzene rings is 7. The standard InChI is InChI=1S/C40H27NO/c1-2-13-34(14-3-1)41(36-23-24-38-31(26-36)18-17-29-9-4-6-15-37(29)38)35-21-19-28(20-22-35)30-11-8-12-32(25-30)40-27-33-10-5-7-16-39(33)42-40/h1-27H. The molecule has 1 aromatic heterocycles. The van der Waals surface area contributed by atoms with Crippen molar-refractivity contribution in [3.05, 3.63) is 164 Å². The summed E-state index contributed by atoms with van der Waals surface area (Å²) in [4.78, 5) is 2.32. The maximum absolute atomic E-state index is 6.14. The summed E-state index contributed by atoms with van der Waals surface area (Å²) in [5.41, 5.74) is 7.66. The molecule has 1 heterocycles. The van der Waals surface area contributed by atoms with Gasteiger partial charge in [-0.05, 0) is 87.3 Å². The summed E-state index contributed by atoms with van der Waals surface area (Å²) >= 11 is 0. The number of hydrogen-bond donors (Lipinski definition) is 0. The first kappa shape index (κ1) is 24.2. The molecule has 0 N–H and O–H groups in total. The minimum Gasteiger partial charge on any atom is -0.456 e. The van der Waals surface area contributed by atoms with E-state index in [1.165, 1.54) is 21.5 Å². The van der Waals surface area contributed by atoms with Crippen LogP contribution in [0.15, 0.2) is 168 Å². The molecule has 0 fully saturated rings. The normalized spacial score (nSPS) is 11.3. The number of nitrogens with zero attached hydrogens (tertiary/aromatic N) is 1. The molecule has 0 saturated heterocycles. The van der Waals surface area contributed by atoms with Crippen LogP contribution in [0, 0.1) is 0 Å². The van der Waals surface area contributed by atoms with Crippen molar-refractivity contribution >= 4 is 49.6 Å². The first-order valence-electron chi connectivity index (χ1n) is 14.3. The maximum Gasteiger partial charge on any atom is 0.135 e. The van der Waals surface area contributed by atoms with E-state index in [4.69, 9.17) is 4.42 Å². The summed E-state index contributed by atoms with van der Waals surface area (Å²) in [6.45, 7) is 0. The zero-order chi connectivity index (χ0) is 27.9. The Kier molecular flexibility index (Phi) is 5.82. The number of fused-ring (bicyclic) bond motifs is 4. The quantitative estimate of drug-likeness (QED) is 0.203. The third-order valence-corrected chi connectivity index (χ3v) is 8.03. The van der Waals surface area contributed by atoms with E-state index in [0.29, 0.717) is 0 Å². The molecule has 2 nitrogen and oxygen atoms in total. The van der Waals surface area contributed by atoms with Crippen LogP contribution in [0.4, 0.5) is 17.1 Å². The molecule has 42 heavy (non-hydrogen) atoms. The molecular weight excluding hydrogens is 510 g/mol. The zero-order valence-corrected chi connectivity index (χ0v) is 22.9. The Morgan fingerprint density at radius 1 is 0.357 bits per heavy atom. The van der Waals surface area contributed by atoms with Gasteiger partial charge in [-0.15, -0.1) is 0 Å². The van der Waals surface area contributed by atoms with Crippen molar-refractivity contribution in [2.24, 2.45) is 0 Å². The molecule has 0 radical (unpaired) electrons. The van der Waals surface area contributed by atoms with E-state index in [-0.39, 0.29) is 0 Å². The highest BCUT2D eigenvalue weighted by atomic mass is 16.3. The van der Waals surface area contributed by atoms with Crippen LogP contribution in [0.25, 0.3) is 55.0 Å². The summed E-state index contributed by atoms with van der Waals surface area (Å²) in [5.74, 6) is 0.883. The van der Waals surface area contributed by atoms with Crippen molar-refractivity contribution in [2.45, 2.75) is 0 Å². The van der Waals surface area contributed by atoms with Crippen molar-refractivity contribution in [1.29, 1.82) is 0 Å². The van der Waals surface area contributed by atoms with E-state index in [1.807, 2.05) is 18.2 Å². The summed E-state index contributed by atoms with van der Waals surface area (Å²) in [6, 6.07) is 58.0. The van der Waals surface area contributed by atoms with Gasteiger partial charge in [0.05, 0.1) is 0 Å². The maximum atomic E-state index is 6.14. The lowest BCUT2D eigenvalue weighted by atomic mass is 10.0. The minimum absolute atomic E-state index is 0.883. The molecule has 0 aliphatic rings. The van der Waals surface area contributed by atoms with Gasteiger partial charge in [0.15, 0.2) is 0 Å². The molecule has 0 saturated carbocycles. The molecule has 0 aliphatic heterocycles. The molecule has 8 aromatic rings. The lowest BCUT2D eigenvalue weighted by Gasteiger charge is -2.26. The summed E-state index contributed by atoms with van der Waals surface area (Å²) in [6.07, 6.45) is 0. The van der Waals surface area contributed by atoms with E-state index in [2.05, 4.69) is 150 Å². The van der Waals surface area contributed by atoms with Crippen LogP contribution >= 0.6 is 0 Å². The van der Waals surface area contributed by atoms with Crippen LogP contribution in [0.3, 0.4) is 0 Å². The third kappa shape index (κ3) is 4.31. The molecule has 0 atom stereocenters. The Labute approximate surface area is 244 Å². The van der Waals surface area contributed by atoms with Crippen molar-refractivity contribution in [3.8, 4) is 22.5 Å². The van der Waals surface area contributed by atoms with Gasteiger partial charge in [-0.3, -0.25) is 0 Å². The largest absolute Gasteiger partial charge is 0.456 e. The number of para-hydroxylation sites is 2. The van der Waals surface area contributed by atoms with E-state index in [0.717, 1.165) is 50.5 Å². The number of hydrogen-bond acceptors (Lipinski definition) is 2. The second-order valence-corrected chi connectivity index (χ2v) is 10.6. The van der Waals surface area contributed by atoms with E-state index in [9.17, 15) is 0 Å². The Hall–Kier alpha value is -5.60. The lowest BCUT2D eigenvalue weighted by molar-refractivity contribution is 0.631. The third-order valence-electron chi connectivity index (χ3n) is 8.03. The number of anilines is 3. The molecule has 0 spiro atoms. The topological polar surface area (TPSA) is 16.4 Å². The van der Waals surface area contributed by atoms with Gasteiger partial charge >= 0.3 is 0 Å². The number of rotatable bonds is 5. The molecule has 2 heteroatoms. The fourth-order valence-corrected chi connectivity index (χ4v) is 5.94. The van der Waals surface area contributed by atoms with Crippen molar-refractivity contribution in [2.75, 3.05) is 4.90 Å². The minimum atomic E-state index is 0.883. The molecule has 0 amide bonds. The van der Waals surface area contributed by atoms with Gasteiger partial charge in [-0.25, -0.2) is 0 Å². The molecule has 8 rings (SSSR count). The summed E-state index contributed by atoms with van der Waals surface area (Å²) < 4.78 is 6.14. The Bertz CT molecular complexity index is 2160. The van der Waals surface area contributed by atoms with Crippen LogP contribution in [-0.2, 0) is 0 Å². The van der Waals surface area contributed by atoms with Gasteiger partial charge in [-0.2, -0.15) is 0 Å².